The molecule has 0 spiro atoms. The third kappa shape index (κ3) is 14.6. The Hall–Kier alpha value is -11.9. The number of nitrogens with zero attached hydrogens (tertiary/aromatic N) is 5. The van der Waals surface area contributed by atoms with Crippen molar-refractivity contribution in [3.05, 3.63) is 405 Å². The topological polar surface area (TPSA) is 67.0 Å². The molecular weight excluding hydrogens is 1710 g/mol. The number of fused-ring (bicyclic) bond motifs is 21. The van der Waals surface area contributed by atoms with Gasteiger partial charge in [0.2, 0.25) is 5.28 Å². The molecule has 21 aromatic rings. The largest absolute Gasteiger partial charge is 0.494 e. The first-order chi connectivity index (χ1) is 57.6. The van der Waals surface area contributed by atoms with Gasteiger partial charge in [-0.05, 0) is 245 Å². The lowest BCUT2D eigenvalue weighted by atomic mass is 9.79. The fraction of sp³-hybridized carbons (Fsp3) is 0.0660. The number of halogens is 4. The molecule has 3 aromatic heterocycles. The maximum atomic E-state index is 6.38. The van der Waals surface area contributed by atoms with E-state index in [1.807, 2.05) is 72.8 Å². The molecule has 18 aromatic carbocycles. The van der Waals surface area contributed by atoms with Gasteiger partial charge in [-0.3, -0.25) is 0 Å². The molecule has 0 N–H and O–H groups in total. The summed E-state index contributed by atoms with van der Waals surface area (Å²) in [6.07, 6.45) is 1.06. The lowest BCUT2D eigenvalue weighted by Crippen LogP contribution is -2.41. The van der Waals surface area contributed by atoms with Crippen LogP contribution in [0.1, 0.15) is 38.8 Å². The smallest absolute Gasteiger partial charge is 0.399 e. The van der Waals surface area contributed by atoms with Gasteiger partial charge in [-0.2, -0.15) is 9.97 Å². The molecule has 568 valence electrons. The summed E-state index contributed by atoms with van der Waals surface area (Å²) in [6, 6.07) is 133. The average molecular weight is 1780 g/mol. The van der Waals surface area contributed by atoms with Crippen LogP contribution in [0.25, 0.3) is 165 Å². The van der Waals surface area contributed by atoms with Crippen LogP contribution < -0.4 is 5.46 Å². The molecule has 1 aliphatic heterocycles. The summed E-state index contributed by atoms with van der Waals surface area (Å²) in [5.74, 6) is 1.14. The summed E-state index contributed by atoms with van der Waals surface area (Å²) in [5.41, 5.74) is 17.4. The van der Waals surface area contributed by atoms with E-state index in [0.717, 1.165) is 43.2 Å². The minimum Gasteiger partial charge on any atom is -0.399 e. The Kier molecular flexibility index (Phi) is 20.8. The Morgan fingerprint density at radius 2 is 0.653 bits per heavy atom. The van der Waals surface area contributed by atoms with Crippen molar-refractivity contribution in [3.8, 4) is 56.4 Å². The molecular formula is C106H76BBr2ClIN5O2. The molecule has 0 radical (unpaired) electrons. The zero-order valence-corrected chi connectivity index (χ0v) is 71.2. The third-order valence-corrected chi connectivity index (χ3v) is 25.0. The summed E-state index contributed by atoms with van der Waals surface area (Å²) in [7, 11) is -0.398. The van der Waals surface area contributed by atoms with E-state index in [9.17, 15) is 0 Å². The molecule has 0 unspecified atom stereocenters. The molecule has 0 amide bonds. The van der Waals surface area contributed by atoms with Gasteiger partial charge in [0.1, 0.15) is 0 Å². The van der Waals surface area contributed by atoms with Crippen molar-refractivity contribution in [2.45, 2.75) is 45.3 Å². The van der Waals surface area contributed by atoms with Gasteiger partial charge >= 0.3 is 7.12 Å². The van der Waals surface area contributed by atoms with Crippen LogP contribution in [0.5, 0.6) is 0 Å². The van der Waals surface area contributed by atoms with Gasteiger partial charge in [-0.25, -0.2) is 4.98 Å². The van der Waals surface area contributed by atoms with Crippen LogP contribution in [-0.4, -0.2) is 42.4 Å². The highest BCUT2D eigenvalue weighted by Crippen LogP contribution is 2.47. The monoisotopic (exact) mass is 1780 g/mol. The fourth-order valence-corrected chi connectivity index (χ4v) is 18.8. The van der Waals surface area contributed by atoms with Crippen LogP contribution >= 0.6 is 66.1 Å². The Morgan fingerprint density at radius 3 is 1.06 bits per heavy atom. The van der Waals surface area contributed by atoms with Crippen LogP contribution in [0.2, 0.25) is 5.28 Å². The van der Waals surface area contributed by atoms with Crippen molar-refractivity contribution in [2.75, 3.05) is 0 Å². The highest BCUT2D eigenvalue weighted by molar-refractivity contribution is 14.1. The van der Waals surface area contributed by atoms with Crippen LogP contribution in [-0.2, 0) is 15.7 Å². The summed E-state index contributed by atoms with van der Waals surface area (Å²) in [4.78, 5) is 13.1. The zero-order chi connectivity index (χ0) is 80.2. The molecule has 7 nitrogen and oxygen atoms in total. The SMILES string of the molecule is Brc1cccc(-n2c3ccc4ccccc4c3c3c4ccccc4ccc32)c1.Brc1cccc(I)c1.CC1(C)OB(c2cccc(-n3c4ccc5ccccc5c4c4c5ccccc5ccc43)c2)OC1(C)C.Clc1nc(-c2ccccc2)nc(-c2ccc(-c3ccccc3)cc2)n1.c1ccc2c3c(ccc2c1)Cc1ccc2ccccc2c1-3. The van der Waals surface area contributed by atoms with Crippen molar-refractivity contribution in [2.24, 2.45) is 0 Å². The maximum absolute atomic E-state index is 6.38. The molecule has 4 heterocycles. The predicted molar refractivity (Wildman–Crippen MR) is 513 cm³/mol. The first kappa shape index (κ1) is 76.1. The molecule has 2 aliphatic rings. The number of hydrogen-bond donors (Lipinski definition) is 0. The predicted octanol–water partition coefficient (Wildman–Crippen LogP) is 29.4. The molecule has 118 heavy (non-hydrogen) atoms. The van der Waals surface area contributed by atoms with E-state index in [1.54, 1.807) is 0 Å². The minimum atomic E-state index is -0.398. The van der Waals surface area contributed by atoms with Gasteiger partial charge in [0, 0.05) is 56.6 Å². The number of aromatic nitrogens is 5. The van der Waals surface area contributed by atoms with Crippen LogP contribution in [0, 0.1) is 3.57 Å². The van der Waals surface area contributed by atoms with E-state index in [-0.39, 0.29) is 16.5 Å². The number of rotatable bonds is 6. The molecule has 0 saturated carbocycles. The van der Waals surface area contributed by atoms with E-state index in [2.05, 4.69) is 410 Å². The first-order valence-corrected chi connectivity index (χ1v) is 42.6. The van der Waals surface area contributed by atoms with Gasteiger partial charge < -0.3 is 18.4 Å². The second kappa shape index (κ2) is 32.2. The van der Waals surface area contributed by atoms with Crippen molar-refractivity contribution in [1.82, 2.24) is 24.1 Å². The highest BCUT2D eigenvalue weighted by Gasteiger charge is 2.52. The van der Waals surface area contributed by atoms with Crippen molar-refractivity contribution in [3.63, 3.8) is 0 Å². The molecule has 1 aliphatic carbocycles. The first-order valence-electron chi connectivity index (χ1n) is 39.6. The third-order valence-electron chi connectivity index (χ3n) is 23.2. The van der Waals surface area contributed by atoms with Crippen molar-refractivity contribution < 1.29 is 9.31 Å². The van der Waals surface area contributed by atoms with Gasteiger partial charge in [0.15, 0.2) is 11.6 Å². The summed E-state index contributed by atoms with van der Waals surface area (Å²) in [5, 5.41) is 21.1. The van der Waals surface area contributed by atoms with Crippen LogP contribution in [0.15, 0.2) is 385 Å². The minimum absolute atomic E-state index is 0.191. The number of benzene rings is 18. The highest BCUT2D eigenvalue weighted by atomic mass is 127. The second-order valence-electron chi connectivity index (χ2n) is 30.9. The Morgan fingerprint density at radius 1 is 0.322 bits per heavy atom. The molecule has 12 heteroatoms. The van der Waals surface area contributed by atoms with E-state index < -0.39 is 7.12 Å². The maximum Gasteiger partial charge on any atom is 0.494 e. The molecule has 1 saturated heterocycles. The molecule has 1 fully saturated rings. The Labute approximate surface area is 720 Å². The van der Waals surface area contributed by atoms with Gasteiger partial charge in [0.25, 0.3) is 0 Å². The van der Waals surface area contributed by atoms with E-state index in [4.69, 9.17) is 20.9 Å². The Balaban J connectivity index is 0.000000103. The van der Waals surface area contributed by atoms with E-state index in [1.165, 1.54) is 145 Å². The molecule has 0 atom stereocenters. The van der Waals surface area contributed by atoms with E-state index in [0.29, 0.717) is 11.6 Å². The lowest BCUT2D eigenvalue weighted by Gasteiger charge is -2.32. The fourth-order valence-electron chi connectivity index (χ4n) is 16.9. The quantitative estimate of drug-likeness (QED) is 0.123. The van der Waals surface area contributed by atoms with E-state index >= 15 is 0 Å². The average Bonchev–Trinajstić information content (AvgIpc) is 1.57. The lowest BCUT2D eigenvalue weighted by molar-refractivity contribution is 0.00578. The Bertz CT molecular complexity index is 7140. The van der Waals surface area contributed by atoms with Gasteiger partial charge in [-0.15, -0.1) is 0 Å². The van der Waals surface area contributed by atoms with Gasteiger partial charge in [0.05, 0.1) is 33.3 Å². The second-order valence-corrected chi connectivity index (χ2v) is 34.3. The molecule has 23 rings (SSSR count). The normalized spacial score (nSPS) is 13.1. The van der Waals surface area contributed by atoms with Gasteiger partial charge in [-0.1, -0.05) is 335 Å². The zero-order valence-electron chi connectivity index (χ0n) is 65.1. The summed E-state index contributed by atoms with van der Waals surface area (Å²) >= 11 is 15.4. The van der Waals surface area contributed by atoms with Crippen molar-refractivity contribution in [1.29, 1.82) is 0 Å². The molecule has 0 bridgehead atoms. The summed E-state index contributed by atoms with van der Waals surface area (Å²) < 4.78 is 21.0. The van der Waals surface area contributed by atoms with Crippen LogP contribution in [0.3, 0.4) is 0 Å². The standard InChI is InChI=1S/C32H28BNO2.C26H16BrN.C21H14ClN3.C21H14.C6H4BrI/c1-31(2)32(3,4)36-33(35-31)23-12-9-13-24(20-23)34-27-18-16-21-10-5-7-14-25(21)29(27)30-26-15-8-6-11-22(26)17-19-28(30)34;27-19-8-5-9-20(16-19)28-23-14-12-17-6-1-3-10-21(17)25(23)26-22-11-4-2-7-18(22)13-15-24(26)28;22-21-24-19(17-9-5-2-6-10-17)23-20(25-21)18-13-11-16(12-14-18)15-7-3-1-4-8-15;1-3-7-18-14(5-1)9-11-16-13-17-12-10-15-6-2-4-8-19(15)21(17)20(16)18;7-5-2-1-3-6(8)4-5/h5-20H,1-4H3;1-16H;1-14H;1-12H,13H2;1-4H. The van der Waals surface area contributed by atoms with Crippen molar-refractivity contribution >= 4 is 187 Å². The summed E-state index contributed by atoms with van der Waals surface area (Å²) in [6.45, 7) is 8.39. The van der Waals surface area contributed by atoms with Crippen LogP contribution in [0.4, 0.5) is 0 Å². The number of hydrogen-bond acceptors (Lipinski definition) is 5.